The van der Waals surface area contributed by atoms with Gasteiger partial charge in [0.1, 0.15) is 5.75 Å². The number of ether oxygens (including phenoxy) is 1. The molecule has 4 heteroatoms. The topological polar surface area (TPSA) is 38.3 Å². The van der Waals surface area contributed by atoms with Crippen molar-refractivity contribution in [3.8, 4) is 5.75 Å². The van der Waals surface area contributed by atoms with Crippen molar-refractivity contribution in [2.75, 3.05) is 11.9 Å². The Bertz CT molecular complexity index is 832. The van der Waals surface area contributed by atoms with E-state index < -0.39 is 0 Å². The molecule has 0 bridgehead atoms. The Morgan fingerprint density at radius 3 is 2.52 bits per heavy atom. The van der Waals surface area contributed by atoms with E-state index in [4.69, 9.17) is 16.3 Å². The Kier molecular flexibility index (Phi) is 4.79. The van der Waals surface area contributed by atoms with E-state index in [1.807, 2.05) is 54.6 Å². The Labute approximate surface area is 139 Å². The highest BCUT2D eigenvalue weighted by Crippen LogP contribution is 2.23. The van der Waals surface area contributed by atoms with Crippen LogP contribution in [0, 0.1) is 0 Å². The molecule has 0 saturated carbocycles. The van der Waals surface area contributed by atoms with Crippen LogP contribution in [-0.4, -0.2) is 12.5 Å². The minimum atomic E-state index is -0.0904. The van der Waals surface area contributed by atoms with Crippen LogP contribution in [0.1, 0.15) is 6.42 Å². The highest BCUT2D eigenvalue weighted by molar-refractivity contribution is 6.32. The Balaban J connectivity index is 1.55. The first kappa shape index (κ1) is 15.4. The molecule has 3 aromatic rings. The van der Waals surface area contributed by atoms with Gasteiger partial charge in [-0.25, -0.2) is 0 Å². The van der Waals surface area contributed by atoms with Crippen molar-refractivity contribution in [1.82, 2.24) is 0 Å². The van der Waals surface area contributed by atoms with Crippen LogP contribution in [0.2, 0.25) is 5.02 Å². The highest BCUT2D eigenvalue weighted by atomic mass is 35.5. The summed E-state index contributed by atoms with van der Waals surface area (Å²) in [6.45, 7) is 0.281. The van der Waals surface area contributed by atoms with Crippen molar-refractivity contribution in [2.45, 2.75) is 6.42 Å². The summed E-state index contributed by atoms with van der Waals surface area (Å²) in [5.74, 6) is 0.500. The number of halogens is 1. The molecule has 0 aliphatic carbocycles. The van der Waals surface area contributed by atoms with E-state index in [0.29, 0.717) is 10.8 Å². The first-order valence-electron chi connectivity index (χ1n) is 7.38. The van der Waals surface area contributed by atoms with Crippen molar-refractivity contribution in [3.05, 3.63) is 71.8 Å². The molecule has 3 nitrogen and oxygen atoms in total. The quantitative estimate of drug-likeness (QED) is 0.724. The highest BCUT2D eigenvalue weighted by Gasteiger charge is 2.05. The fourth-order valence-corrected chi connectivity index (χ4v) is 2.50. The normalized spacial score (nSPS) is 10.5. The number of rotatable bonds is 5. The maximum atomic E-state index is 12.0. The van der Waals surface area contributed by atoms with E-state index in [2.05, 4.69) is 5.32 Å². The van der Waals surface area contributed by atoms with Crippen molar-refractivity contribution < 1.29 is 9.53 Å². The number of hydrogen-bond acceptors (Lipinski definition) is 2. The summed E-state index contributed by atoms with van der Waals surface area (Å²) in [7, 11) is 0. The van der Waals surface area contributed by atoms with Crippen LogP contribution in [0.15, 0.2) is 66.7 Å². The van der Waals surface area contributed by atoms with Gasteiger partial charge in [0.25, 0.3) is 0 Å². The van der Waals surface area contributed by atoms with Crippen LogP contribution >= 0.6 is 11.6 Å². The molecule has 23 heavy (non-hydrogen) atoms. The summed E-state index contributed by atoms with van der Waals surface area (Å²) in [6.07, 6.45) is 0.262. The third-order valence-electron chi connectivity index (χ3n) is 3.46. The summed E-state index contributed by atoms with van der Waals surface area (Å²) in [5.41, 5.74) is 0.784. The molecule has 0 aliphatic heterocycles. The zero-order valence-corrected chi connectivity index (χ0v) is 13.2. The van der Waals surface area contributed by atoms with Gasteiger partial charge >= 0.3 is 0 Å². The largest absolute Gasteiger partial charge is 0.491 e. The molecule has 0 aliphatic rings. The van der Waals surface area contributed by atoms with Crippen molar-refractivity contribution in [3.63, 3.8) is 0 Å². The number of fused-ring (bicyclic) bond motifs is 1. The van der Waals surface area contributed by atoms with Crippen LogP contribution in [0.25, 0.3) is 10.8 Å². The summed E-state index contributed by atoms with van der Waals surface area (Å²) >= 11 is 6.00. The molecule has 0 heterocycles. The number of carbonyl (C=O) groups excluding carboxylic acids is 1. The third kappa shape index (κ3) is 4.02. The summed E-state index contributed by atoms with van der Waals surface area (Å²) < 4.78 is 5.52. The Morgan fingerprint density at radius 2 is 1.70 bits per heavy atom. The number of hydrogen-bond donors (Lipinski definition) is 1. The number of amides is 1. The van der Waals surface area contributed by atoms with Gasteiger partial charge in [-0.15, -0.1) is 0 Å². The number of benzene rings is 3. The zero-order valence-electron chi connectivity index (χ0n) is 12.5. The van der Waals surface area contributed by atoms with Crippen molar-refractivity contribution in [1.29, 1.82) is 0 Å². The van der Waals surface area contributed by atoms with E-state index >= 15 is 0 Å². The van der Waals surface area contributed by atoms with Gasteiger partial charge in [0.15, 0.2) is 0 Å². The second-order valence-corrected chi connectivity index (χ2v) is 5.55. The van der Waals surface area contributed by atoms with Gasteiger partial charge in [0.05, 0.1) is 18.1 Å². The van der Waals surface area contributed by atoms with Crippen LogP contribution < -0.4 is 10.1 Å². The van der Waals surface area contributed by atoms with Gasteiger partial charge in [-0.3, -0.25) is 4.79 Å². The average molecular weight is 326 g/mol. The predicted molar refractivity (Wildman–Crippen MR) is 94.1 cm³/mol. The van der Waals surface area contributed by atoms with Gasteiger partial charge in [-0.2, -0.15) is 0 Å². The molecule has 0 unspecified atom stereocenters. The second kappa shape index (κ2) is 7.16. The van der Waals surface area contributed by atoms with Gasteiger partial charge in [-0.1, -0.05) is 54.1 Å². The maximum absolute atomic E-state index is 12.0. The van der Waals surface area contributed by atoms with E-state index in [-0.39, 0.29) is 18.9 Å². The van der Waals surface area contributed by atoms with Crippen molar-refractivity contribution in [2.24, 2.45) is 0 Å². The van der Waals surface area contributed by atoms with Crippen LogP contribution in [-0.2, 0) is 4.79 Å². The van der Waals surface area contributed by atoms with Gasteiger partial charge in [0, 0.05) is 5.69 Å². The maximum Gasteiger partial charge on any atom is 0.227 e. The minimum absolute atomic E-state index is 0.0904. The molecule has 1 amide bonds. The van der Waals surface area contributed by atoms with Gasteiger partial charge < -0.3 is 10.1 Å². The van der Waals surface area contributed by atoms with E-state index in [1.54, 1.807) is 12.1 Å². The van der Waals surface area contributed by atoms with E-state index in [9.17, 15) is 4.79 Å². The second-order valence-electron chi connectivity index (χ2n) is 5.14. The zero-order chi connectivity index (χ0) is 16.1. The fourth-order valence-electron chi connectivity index (χ4n) is 2.31. The monoisotopic (exact) mass is 325 g/mol. The number of carbonyl (C=O) groups is 1. The molecule has 0 radical (unpaired) electrons. The Hall–Kier alpha value is -2.52. The average Bonchev–Trinajstić information content (AvgIpc) is 2.56. The molecule has 116 valence electrons. The summed E-state index contributed by atoms with van der Waals surface area (Å²) in [4.78, 5) is 12.0. The SMILES string of the molecule is O=C(CCOc1ccccc1Cl)Nc1ccc2ccccc2c1. The molecule has 0 fully saturated rings. The molecule has 1 N–H and O–H groups in total. The molecule has 3 rings (SSSR count). The lowest BCUT2D eigenvalue weighted by atomic mass is 10.1. The summed E-state index contributed by atoms with van der Waals surface area (Å²) in [6, 6.07) is 21.1. The van der Waals surface area contributed by atoms with E-state index in [1.165, 1.54) is 0 Å². The number of anilines is 1. The molecule has 0 aromatic heterocycles. The van der Waals surface area contributed by atoms with Gasteiger partial charge in [0.2, 0.25) is 5.91 Å². The van der Waals surface area contributed by atoms with Crippen LogP contribution in [0.3, 0.4) is 0 Å². The van der Waals surface area contributed by atoms with E-state index in [0.717, 1.165) is 16.5 Å². The lowest BCUT2D eigenvalue weighted by Crippen LogP contribution is -2.15. The molecular weight excluding hydrogens is 310 g/mol. The molecule has 0 saturated heterocycles. The smallest absolute Gasteiger partial charge is 0.227 e. The summed E-state index contributed by atoms with van der Waals surface area (Å²) in [5, 5.41) is 5.67. The van der Waals surface area contributed by atoms with Gasteiger partial charge in [-0.05, 0) is 35.0 Å². The molecular formula is C19H16ClNO2. The predicted octanol–water partition coefficient (Wildman–Crippen LogP) is 4.90. The standard InChI is InChI=1S/C19H16ClNO2/c20-17-7-3-4-8-18(17)23-12-11-19(22)21-16-10-9-14-5-1-2-6-15(14)13-16/h1-10,13H,11-12H2,(H,21,22). The number of para-hydroxylation sites is 1. The number of nitrogens with one attached hydrogen (secondary N) is 1. The molecule has 3 aromatic carbocycles. The first-order valence-corrected chi connectivity index (χ1v) is 7.76. The van der Waals surface area contributed by atoms with Crippen molar-refractivity contribution >= 4 is 34.0 Å². The lowest BCUT2D eigenvalue weighted by molar-refractivity contribution is -0.116. The van der Waals surface area contributed by atoms with Crippen LogP contribution in [0.5, 0.6) is 5.75 Å². The molecule has 0 atom stereocenters. The van der Waals surface area contributed by atoms with Crippen LogP contribution in [0.4, 0.5) is 5.69 Å². The first-order chi connectivity index (χ1) is 11.2. The fraction of sp³-hybridized carbons (Fsp3) is 0.105. The molecule has 0 spiro atoms. The Morgan fingerprint density at radius 1 is 0.957 bits per heavy atom. The third-order valence-corrected chi connectivity index (χ3v) is 3.77. The lowest BCUT2D eigenvalue weighted by Gasteiger charge is -2.09. The minimum Gasteiger partial charge on any atom is -0.491 e.